The Hall–Kier alpha value is -0.860. The minimum absolute atomic E-state index is 0.400. The lowest BCUT2D eigenvalue weighted by molar-refractivity contribution is 0.156. The van der Waals surface area contributed by atoms with Crippen molar-refractivity contribution in [2.24, 2.45) is 0 Å². The summed E-state index contributed by atoms with van der Waals surface area (Å²) in [4.78, 5) is 0. The Bertz CT molecular complexity index is 290. The minimum atomic E-state index is -0.400. The van der Waals surface area contributed by atoms with Crippen LogP contribution in [0, 0.1) is 0 Å². The fourth-order valence-electron chi connectivity index (χ4n) is 1.67. The molecule has 0 aliphatic rings. The van der Waals surface area contributed by atoms with E-state index in [9.17, 15) is 0 Å². The predicted octanol–water partition coefficient (Wildman–Crippen LogP) is 2.67. The SMILES string of the molecule is CC(O)NCCCc1ccc(C(C)C)cc1. The molecule has 2 N–H and O–H groups in total. The van der Waals surface area contributed by atoms with Crippen molar-refractivity contribution in [3.63, 3.8) is 0 Å². The highest BCUT2D eigenvalue weighted by Crippen LogP contribution is 2.15. The van der Waals surface area contributed by atoms with E-state index in [4.69, 9.17) is 5.11 Å². The number of rotatable bonds is 6. The normalized spacial score (nSPS) is 13.1. The van der Waals surface area contributed by atoms with E-state index in [0.717, 1.165) is 19.4 Å². The summed E-state index contributed by atoms with van der Waals surface area (Å²) in [7, 11) is 0. The van der Waals surface area contributed by atoms with Crippen LogP contribution in [-0.4, -0.2) is 17.9 Å². The van der Waals surface area contributed by atoms with Crippen LogP contribution >= 0.6 is 0 Å². The Labute approximate surface area is 98.7 Å². The second-order valence-corrected chi connectivity index (χ2v) is 4.63. The predicted molar refractivity (Wildman–Crippen MR) is 68.5 cm³/mol. The summed E-state index contributed by atoms with van der Waals surface area (Å²) in [6, 6.07) is 8.83. The highest BCUT2D eigenvalue weighted by atomic mass is 16.3. The van der Waals surface area contributed by atoms with Crippen molar-refractivity contribution >= 4 is 0 Å². The number of hydrogen-bond donors (Lipinski definition) is 2. The molecule has 1 rings (SSSR count). The Balaban J connectivity index is 2.32. The van der Waals surface area contributed by atoms with Crippen LogP contribution in [0.1, 0.15) is 44.2 Å². The number of aliphatic hydroxyl groups excluding tert-OH is 1. The van der Waals surface area contributed by atoms with Gasteiger partial charge >= 0.3 is 0 Å². The third-order valence-corrected chi connectivity index (χ3v) is 2.73. The summed E-state index contributed by atoms with van der Waals surface area (Å²) in [6.45, 7) is 7.03. The molecule has 0 aliphatic carbocycles. The van der Waals surface area contributed by atoms with Crippen molar-refractivity contribution in [2.75, 3.05) is 6.54 Å². The van der Waals surface area contributed by atoms with Crippen LogP contribution in [0.5, 0.6) is 0 Å². The monoisotopic (exact) mass is 221 g/mol. The molecule has 0 saturated carbocycles. The summed E-state index contributed by atoms with van der Waals surface area (Å²) in [6.07, 6.45) is 1.73. The lowest BCUT2D eigenvalue weighted by Crippen LogP contribution is -2.26. The van der Waals surface area contributed by atoms with Crippen molar-refractivity contribution in [3.8, 4) is 0 Å². The van der Waals surface area contributed by atoms with Gasteiger partial charge in [0.05, 0.1) is 0 Å². The Morgan fingerprint density at radius 3 is 2.25 bits per heavy atom. The van der Waals surface area contributed by atoms with Gasteiger partial charge in [-0.05, 0) is 43.4 Å². The second kappa shape index (κ2) is 6.66. The first-order valence-electron chi connectivity index (χ1n) is 6.10. The molecular weight excluding hydrogens is 198 g/mol. The van der Waals surface area contributed by atoms with E-state index in [2.05, 4.69) is 43.4 Å². The highest BCUT2D eigenvalue weighted by molar-refractivity contribution is 5.24. The first kappa shape index (κ1) is 13.2. The van der Waals surface area contributed by atoms with Crippen LogP contribution in [-0.2, 0) is 6.42 Å². The van der Waals surface area contributed by atoms with Crippen molar-refractivity contribution in [3.05, 3.63) is 35.4 Å². The maximum Gasteiger partial charge on any atom is 0.102 e. The maximum absolute atomic E-state index is 9.04. The molecule has 0 fully saturated rings. The molecule has 0 radical (unpaired) electrons. The molecular formula is C14H23NO. The first-order chi connectivity index (χ1) is 7.59. The highest BCUT2D eigenvalue weighted by Gasteiger charge is 1.99. The van der Waals surface area contributed by atoms with E-state index in [0.29, 0.717) is 5.92 Å². The van der Waals surface area contributed by atoms with Gasteiger partial charge in [-0.15, -0.1) is 0 Å². The molecule has 90 valence electrons. The molecule has 1 unspecified atom stereocenters. The first-order valence-corrected chi connectivity index (χ1v) is 6.10. The van der Waals surface area contributed by atoms with Gasteiger partial charge in [-0.2, -0.15) is 0 Å². The van der Waals surface area contributed by atoms with E-state index < -0.39 is 6.23 Å². The fraction of sp³-hybridized carbons (Fsp3) is 0.571. The van der Waals surface area contributed by atoms with E-state index in [1.807, 2.05) is 0 Å². The Morgan fingerprint density at radius 2 is 1.75 bits per heavy atom. The van der Waals surface area contributed by atoms with Crippen LogP contribution in [0.25, 0.3) is 0 Å². The fourth-order valence-corrected chi connectivity index (χ4v) is 1.67. The molecule has 16 heavy (non-hydrogen) atoms. The molecule has 0 aromatic heterocycles. The quantitative estimate of drug-likeness (QED) is 0.572. The zero-order valence-corrected chi connectivity index (χ0v) is 10.5. The van der Waals surface area contributed by atoms with Gasteiger partial charge in [-0.1, -0.05) is 38.1 Å². The molecule has 0 saturated heterocycles. The minimum Gasteiger partial charge on any atom is -0.379 e. The van der Waals surface area contributed by atoms with Gasteiger partial charge < -0.3 is 5.11 Å². The van der Waals surface area contributed by atoms with E-state index in [1.165, 1.54) is 11.1 Å². The van der Waals surface area contributed by atoms with Crippen LogP contribution in [0.3, 0.4) is 0 Å². The van der Waals surface area contributed by atoms with Gasteiger partial charge in [0.1, 0.15) is 6.23 Å². The van der Waals surface area contributed by atoms with Crippen molar-refractivity contribution < 1.29 is 5.11 Å². The van der Waals surface area contributed by atoms with Gasteiger partial charge in [0.2, 0.25) is 0 Å². The van der Waals surface area contributed by atoms with Crippen LogP contribution in [0.4, 0.5) is 0 Å². The third kappa shape index (κ3) is 4.77. The second-order valence-electron chi connectivity index (χ2n) is 4.63. The van der Waals surface area contributed by atoms with E-state index in [1.54, 1.807) is 6.92 Å². The van der Waals surface area contributed by atoms with E-state index in [-0.39, 0.29) is 0 Å². The van der Waals surface area contributed by atoms with Gasteiger partial charge in [-0.3, -0.25) is 5.32 Å². The molecule has 2 heteroatoms. The summed E-state index contributed by atoms with van der Waals surface area (Å²) in [5.74, 6) is 0.603. The lowest BCUT2D eigenvalue weighted by Gasteiger charge is -2.08. The molecule has 1 aromatic carbocycles. The van der Waals surface area contributed by atoms with Gasteiger partial charge in [-0.25, -0.2) is 0 Å². The average molecular weight is 221 g/mol. The molecule has 0 bridgehead atoms. The Morgan fingerprint density at radius 1 is 1.12 bits per heavy atom. The summed E-state index contributed by atoms with van der Waals surface area (Å²) in [5, 5.41) is 12.0. The zero-order chi connectivity index (χ0) is 12.0. The summed E-state index contributed by atoms with van der Waals surface area (Å²) < 4.78 is 0. The summed E-state index contributed by atoms with van der Waals surface area (Å²) >= 11 is 0. The molecule has 1 aromatic rings. The number of hydrogen-bond acceptors (Lipinski definition) is 2. The molecule has 0 spiro atoms. The van der Waals surface area contributed by atoms with Crippen molar-refractivity contribution in [1.29, 1.82) is 0 Å². The lowest BCUT2D eigenvalue weighted by atomic mass is 10.0. The topological polar surface area (TPSA) is 32.3 Å². The number of aryl methyl sites for hydroxylation is 1. The zero-order valence-electron chi connectivity index (χ0n) is 10.5. The standard InChI is InChI=1S/C14H23NO/c1-11(2)14-8-6-13(7-9-14)5-4-10-15-12(3)16/h6-9,11-12,15-16H,4-5,10H2,1-3H3. The third-order valence-electron chi connectivity index (χ3n) is 2.73. The Kier molecular flexibility index (Phi) is 5.50. The molecule has 0 heterocycles. The molecule has 0 aliphatic heterocycles. The molecule has 2 nitrogen and oxygen atoms in total. The van der Waals surface area contributed by atoms with Crippen molar-refractivity contribution in [2.45, 2.75) is 45.8 Å². The largest absolute Gasteiger partial charge is 0.379 e. The van der Waals surface area contributed by atoms with E-state index >= 15 is 0 Å². The summed E-state index contributed by atoms with van der Waals surface area (Å²) in [5.41, 5.74) is 2.77. The smallest absolute Gasteiger partial charge is 0.102 e. The maximum atomic E-state index is 9.04. The molecule has 1 atom stereocenters. The van der Waals surface area contributed by atoms with Gasteiger partial charge in [0.15, 0.2) is 0 Å². The number of nitrogens with one attached hydrogen (secondary N) is 1. The van der Waals surface area contributed by atoms with Crippen LogP contribution in [0.2, 0.25) is 0 Å². The number of benzene rings is 1. The van der Waals surface area contributed by atoms with Crippen LogP contribution in [0.15, 0.2) is 24.3 Å². The van der Waals surface area contributed by atoms with Gasteiger partial charge in [0.25, 0.3) is 0 Å². The number of aliphatic hydroxyl groups is 1. The van der Waals surface area contributed by atoms with Crippen LogP contribution < -0.4 is 5.32 Å². The average Bonchev–Trinajstić information content (AvgIpc) is 2.25. The van der Waals surface area contributed by atoms with Crippen molar-refractivity contribution in [1.82, 2.24) is 5.32 Å². The molecule has 0 amide bonds. The van der Waals surface area contributed by atoms with Gasteiger partial charge in [0, 0.05) is 0 Å².